The van der Waals surface area contributed by atoms with Crippen molar-refractivity contribution in [1.82, 2.24) is 10.6 Å². The van der Waals surface area contributed by atoms with Crippen molar-refractivity contribution in [3.05, 3.63) is 24.2 Å². The molecule has 3 fully saturated rings. The minimum atomic E-state index is -0.0808. The first-order valence-corrected chi connectivity index (χ1v) is 10.1. The summed E-state index contributed by atoms with van der Waals surface area (Å²) in [6.45, 7) is 3.07. The smallest absolute Gasteiger partial charge is 0.191 e. The minimum absolute atomic E-state index is 0.0808. The summed E-state index contributed by atoms with van der Waals surface area (Å²) in [5, 5.41) is 7.35. The zero-order valence-corrected chi connectivity index (χ0v) is 15.5. The van der Waals surface area contributed by atoms with Gasteiger partial charge in [-0.2, -0.15) is 0 Å². The van der Waals surface area contributed by atoms with Crippen LogP contribution in [0.4, 0.5) is 0 Å². The van der Waals surface area contributed by atoms with Crippen LogP contribution in [0.1, 0.15) is 50.7 Å². The normalized spacial score (nSPS) is 30.2. The van der Waals surface area contributed by atoms with E-state index in [2.05, 4.69) is 10.6 Å². The van der Waals surface area contributed by atoms with Gasteiger partial charge in [-0.1, -0.05) is 12.8 Å². The quantitative estimate of drug-likeness (QED) is 0.623. The first kappa shape index (κ1) is 17.9. The molecule has 1 saturated carbocycles. The van der Waals surface area contributed by atoms with Crippen LogP contribution in [0.5, 0.6) is 0 Å². The van der Waals surface area contributed by atoms with Crippen LogP contribution in [0.3, 0.4) is 0 Å². The molecular weight excluding hydrogens is 330 g/mol. The van der Waals surface area contributed by atoms with Gasteiger partial charge in [0.25, 0.3) is 0 Å². The van der Waals surface area contributed by atoms with E-state index >= 15 is 0 Å². The lowest BCUT2D eigenvalue weighted by Crippen LogP contribution is -2.53. The lowest BCUT2D eigenvalue weighted by molar-refractivity contribution is -0.0874. The third-order valence-electron chi connectivity index (χ3n) is 5.81. The highest BCUT2D eigenvalue weighted by atomic mass is 16.6. The van der Waals surface area contributed by atoms with Crippen molar-refractivity contribution in [2.45, 2.75) is 69.1 Å². The largest absolute Gasteiger partial charge is 0.469 e. The summed E-state index contributed by atoms with van der Waals surface area (Å²) >= 11 is 0. The molecule has 6 heteroatoms. The van der Waals surface area contributed by atoms with E-state index in [-0.39, 0.29) is 5.60 Å². The number of hydrogen-bond acceptors (Lipinski definition) is 4. The Morgan fingerprint density at radius 2 is 2.04 bits per heavy atom. The number of guanidine groups is 1. The summed E-state index contributed by atoms with van der Waals surface area (Å²) < 4.78 is 17.1. The highest BCUT2D eigenvalue weighted by molar-refractivity contribution is 5.80. The van der Waals surface area contributed by atoms with Gasteiger partial charge in [-0.25, -0.2) is 0 Å². The van der Waals surface area contributed by atoms with E-state index < -0.39 is 0 Å². The van der Waals surface area contributed by atoms with Crippen LogP contribution in [-0.4, -0.2) is 50.0 Å². The number of nitrogens with one attached hydrogen (secondary N) is 2. The van der Waals surface area contributed by atoms with Gasteiger partial charge in [0.1, 0.15) is 5.76 Å². The first-order chi connectivity index (χ1) is 12.8. The lowest BCUT2D eigenvalue weighted by Gasteiger charge is -2.38. The van der Waals surface area contributed by atoms with Gasteiger partial charge in [0.2, 0.25) is 0 Å². The molecule has 1 aromatic rings. The molecule has 0 bridgehead atoms. The van der Waals surface area contributed by atoms with E-state index in [1.807, 2.05) is 12.1 Å². The molecule has 6 nitrogen and oxygen atoms in total. The molecule has 3 aliphatic rings. The van der Waals surface area contributed by atoms with Crippen molar-refractivity contribution in [1.29, 1.82) is 0 Å². The molecule has 1 aromatic heterocycles. The summed E-state index contributed by atoms with van der Waals surface area (Å²) in [5.74, 6) is 1.94. The molecule has 0 amide bonds. The average molecular weight is 361 g/mol. The Morgan fingerprint density at radius 1 is 1.15 bits per heavy atom. The van der Waals surface area contributed by atoms with E-state index in [0.717, 1.165) is 63.8 Å². The van der Waals surface area contributed by atoms with Crippen molar-refractivity contribution < 1.29 is 13.9 Å². The van der Waals surface area contributed by atoms with Crippen molar-refractivity contribution >= 4 is 5.96 Å². The third-order valence-corrected chi connectivity index (χ3v) is 5.81. The predicted molar refractivity (Wildman–Crippen MR) is 100 cm³/mol. The second-order valence-corrected chi connectivity index (χ2v) is 7.85. The van der Waals surface area contributed by atoms with Crippen LogP contribution in [0, 0.1) is 0 Å². The molecule has 2 unspecified atom stereocenters. The fourth-order valence-electron chi connectivity index (χ4n) is 4.34. The molecule has 2 atom stereocenters. The number of furan rings is 1. The lowest BCUT2D eigenvalue weighted by atomic mass is 9.90. The molecule has 2 saturated heterocycles. The van der Waals surface area contributed by atoms with Gasteiger partial charge >= 0.3 is 0 Å². The Kier molecular flexibility index (Phi) is 5.80. The van der Waals surface area contributed by atoms with E-state index in [1.165, 1.54) is 25.7 Å². The van der Waals surface area contributed by atoms with Gasteiger partial charge < -0.3 is 24.5 Å². The summed E-state index contributed by atoms with van der Waals surface area (Å²) in [5.41, 5.74) is -0.0808. The first-order valence-electron chi connectivity index (χ1n) is 10.1. The van der Waals surface area contributed by atoms with Crippen molar-refractivity contribution in [3.8, 4) is 0 Å². The second kappa shape index (κ2) is 8.44. The summed E-state index contributed by atoms with van der Waals surface area (Å²) in [6, 6.07) is 4.88. The molecule has 0 aromatic carbocycles. The Balaban J connectivity index is 1.36. The van der Waals surface area contributed by atoms with E-state index in [1.54, 1.807) is 6.26 Å². The van der Waals surface area contributed by atoms with Crippen molar-refractivity contribution in [2.75, 3.05) is 26.4 Å². The van der Waals surface area contributed by atoms with Crippen LogP contribution < -0.4 is 10.6 Å². The molecule has 2 N–H and O–H groups in total. The SMILES string of the molecule is c1coc(CCN=C(NC2CCCC2)NC2CCOC3(CCOC3)C2)c1. The molecule has 26 heavy (non-hydrogen) atoms. The number of aliphatic imine (C=N–C) groups is 1. The number of nitrogens with zero attached hydrogens (tertiary/aromatic N) is 1. The predicted octanol–water partition coefficient (Wildman–Crippen LogP) is 2.64. The van der Waals surface area contributed by atoms with Crippen LogP contribution in [0.2, 0.25) is 0 Å². The third kappa shape index (κ3) is 4.60. The maximum atomic E-state index is 6.06. The summed E-state index contributed by atoms with van der Waals surface area (Å²) in [6.07, 6.45) is 10.7. The highest BCUT2D eigenvalue weighted by Gasteiger charge is 2.41. The fourth-order valence-corrected chi connectivity index (χ4v) is 4.34. The van der Waals surface area contributed by atoms with Crippen LogP contribution >= 0.6 is 0 Å². The molecule has 3 heterocycles. The maximum absolute atomic E-state index is 6.06. The monoisotopic (exact) mass is 361 g/mol. The fraction of sp³-hybridized carbons (Fsp3) is 0.750. The van der Waals surface area contributed by atoms with Gasteiger partial charge in [-0.15, -0.1) is 0 Å². The minimum Gasteiger partial charge on any atom is -0.469 e. The van der Waals surface area contributed by atoms with Gasteiger partial charge in [0.15, 0.2) is 5.96 Å². The topological polar surface area (TPSA) is 68.0 Å². The molecule has 2 aliphatic heterocycles. The average Bonchev–Trinajstić information content (AvgIpc) is 3.39. The molecule has 1 spiro atoms. The maximum Gasteiger partial charge on any atom is 0.191 e. The summed E-state index contributed by atoms with van der Waals surface area (Å²) in [4.78, 5) is 4.83. The van der Waals surface area contributed by atoms with Gasteiger partial charge in [-0.3, -0.25) is 4.99 Å². The highest BCUT2D eigenvalue weighted by Crippen LogP contribution is 2.32. The Hall–Kier alpha value is -1.53. The molecule has 144 valence electrons. The number of hydrogen-bond donors (Lipinski definition) is 2. The van der Waals surface area contributed by atoms with Crippen LogP contribution in [0.15, 0.2) is 27.8 Å². The molecule has 1 aliphatic carbocycles. The zero-order valence-electron chi connectivity index (χ0n) is 15.5. The van der Waals surface area contributed by atoms with E-state index in [9.17, 15) is 0 Å². The standard InChI is InChI=1S/C20H31N3O3/c1-2-5-16(4-1)22-19(21-10-7-18-6-3-11-25-18)23-17-8-12-26-20(14-17)9-13-24-15-20/h3,6,11,16-17H,1-2,4-5,7-10,12-15H2,(H2,21,22,23). The summed E-state index contributed by atoms with van der Waals surface area (Å²) in [7, 11) is 0. The number of rotatable bonds is 5. The molecule has 0 radical (unpaired) electrons. The number of ether oxygens (including phenoxy) is 2. The van der Waals surface area contributed by atoms with Crippen molar-refractivity contribution in [3.63, 3.8) is 0 Å². The van der Waals surface area contributed by atoms with E-state index in [0.29, 0.717) is 12.1 Å². The molecule has 4 rings (SSSR count). The molecular formula is C20H31N3O3. The second-order valence-electron chi connectivity index (χ2n) is 7.85. The van der Waals surface area contributed by atoms with Crippen molar-refractivity contribution in [2.24, 2.45) is 4.99 Å². The zero-order chi connectivity index (χ0) is 17.7. The van der Waals surface area contributed by atoms with Gasteiger partial charge in [0.05, 0.1) is 18.5 Å². The van der Waals surface area contributed by atoms with Crippen LogP contribution in [0.25, 0.3) is 0 Å². The Morgan fingerprint density at radius 3 is 2.81 bits per heavy atom. The Bertz CT molecular complexity index is 575. The Labute approximate surface area is 155 Å². The van der Waals surface area contributed by atoms with Gasteiger partial charge in [0, 0.05) is 44.7 Å². The van der Waals surface area contributed by atoms with Gasteiger partial charge in [-0.05, 0) is 37.8 Å². The van der Waals surface area contributed by atoms with E-state index in [4.69, 9.17) is 18.9 Å². The van der Waals surface area contributed by atoms with Crippen LogP contribution in [-0.2, 0) is 15.9 Å².